The van der Waals surface area contributed by atoms with Gasteiger partial charge >= 0.3 is 0 Å². The second kappa shape index (κ2) is 3.11. The zero-order valence-corrected chi connectivity index (χ0v) is 6.87. The van der Waals surface area contributed by atoms with Crippen LogP contribution in [0.1, 0.15) is 5.56 Å². The first-order valence-corrected chi connectivity index (χ1v) is 3.95. The van der Waals surface area contributed by atoms with Gasteiger partial charge < -0.3 is 5.11 Å². The van der Waals surface area contributed by atoms with Crippen molar-refractivity contribution < 1.29 is 9.50 Å². The van der Waals surface area contributed by atoms with E-state index in [2.05, 4.69) is 4.98 Å². The molecular weight excluding hydrogens is 169 g/mol. The molecule has 0 unspecified atom stereocenters. The molecule has 0 aliphatic carbocycles. The zero-order valence-electron chi connectivity index (χ0n) is 6.87. The predicted molar refractivity (Wildman–Crippen MR) is 47.6 cm³/mol. The molecule has 0 amide bonds. The number of rotatable bonds is 1. The van der Waals surface area contributed by atoms with Gasteiger partial charge in [0.15, 0.2) is 0 Å². The smallest absolute Gasteiger partial charge is 0.132 e. The maximum Gasteiger partial charge on any atom is 0.132 e. The first kappa shape index (κ1) is 8.13. The van der Waals surface area contributed by atoms with Crippen LogP contribution >= 0.6 is 0 Å². The van der Waals surface area contributed by atoms with Gasteiger partial charge in [-0.1, -0.05) is 6.07 Å². The van der Waals surface area contributed by atoms with Gasteiger partial charge in [0.1, 0.15) is 5.82 Å². The normalized spacial score (nSPS) is 10.6. The molecule has 0 radical (unpaired) electrons. The third-order valence-electron chi connectivity index (χ3n) is 2.03. The number of fused-ring (bicyclic) bond motifs is 1. The number of aliphatic hydroxyl groups is 1. The summed E-state index contributed by atoms with van der Waals surface area (Å²) in [6.45, 7) is -0.0825. The molecular formula is C10H8FNO. The highest BCUT2D eigenvalue weighted by Gasteiger charge is 2.03. The summed E-state index contributed by atoms with van der Waals surface area (Å²) in [6.07, 6.45) is 3.05. The molecule has 0 saturated carbocycles. The van der Waals surface area contributed by atoms with Crippen molar-refractivity contribution in [3.05, 3.63) is 42.0 Å². The average Bonchev–Trinajstić information content (AvgIpc) is 2.19. The molecule has 2 nitrogen and oxygen atoms in total. The van der Waals surface area contributed by atoms with Crippen molar-refractivity contribution in [2.24, 2.45) is 0 Å². The number of nitrogens with zero attached hydrogens (tertiary/aromatic N) is 1. The molecule has 1 aromatic carbocycles. The second-order valence-corrected chi connectivity index (χ2v) is 2.79. The van der Waals surface area contributed by atoms with Gasteiger partial charge in [0.25, 0.3) is 0 Å². The highest BCUT2D eigenvalue weighted by Crippen LogP contribution is 2.20. The quantitative estimate of drug-likeness (QED) is 0.721. The van der Waals surface area contributed by atoms with Gasteiger partial charge in [-0.05, 0) is 23.1 Å². The highest BCUT2D eigenvalue weighted by atomic mass is 19.1. The van der Waals surface area contributed by atoms with Crippen LogP contribution in [0.5, 0.6) is 0 Å². The Bertz CT molecular complexity index is 442. The summed E-state index contributed by atoms with van der Waals surface area (Å²) < 4.78 is 13.2. The van der Waals surface area contributed by atoms with E-state index in [4.69, 9.17) is 5.11 Å². The van der Waals surface area contributed by atoms with Crippen molar-refractivity contribution in [1.29, 1.82) is 0 Å². The molecule has 66 valence electrons. The van der Waals surface area contributed by atoms with Crippen LogP contribution in [0.25, 0.3) is 10.8 Å². The SMILES string of the molecule is OCc1ccc(F)c2cnccc12. The van der Waals surface area contributed by atoms with Crippen molar-refractivity contribution in [3.63, 3.8) is 0 Å². The molecule has 1 aromatic heterocycles. The number of hydrogen-bond donors (Lipinski definition) is 1. The maximum absolute atomic E-state index is 13.2. The van der Waals surface area contributed by atoms with Crippen molar-refractivity contribution in [2.75, 3.05) is 0 Å². The van der Waals surface area contributed by atoms with Crippen LogP contribution in [-0.2, 0) is 6.61 Å². The van der Waals surface area contributed by atoms with E-state index < -0.39 is 0 Å². The Morgan fingerprint density at radius 2 is 2.08 bits per heavy atom. The van der Waals surface area contributed by atoms with Crippen LogP contribution < -0.4 is 0 Å². The third kappa shape index (κ3) is 1.27. The number of benzene rings is 1. The molecule has 0 spiro atoms. The Labute approximate surface area is 74.7 Å². The number of pyridine rings is 1. The molecule has 1 N–H and O–H groups in total. The highest BCUT2D eigenvalue weighted by molar-refractivity contribution is 5.85. The van der Waals surface area contributed by atoms with Crippen LogP contribution in [-0.4, -0.2) is 10.1 Å². The summed E-state index contributed by atoms with van der Waals surface area (Å²) in [5.74, 6) is -0.305. The molecule has 3 heteroatoms. The molecule has 0 aliphatic heterocycles. The van der Waals surface area contributed by atoms with Crippen LogP contribution in [0.2, 0.25) is 0 Å². The van der Waals surface area contributed by atoms with Crippen molar-refractivity contribution in [3.8, 4) is 0 Å². The lowest BCUT2D eigenvalue weighted by atomic mass is 10.1. The molecule has 0 saturated heterocycles. The third-order valence-corrected chi connectivity index (χ3v) is 2.03. The fourth-order valence-corrected chi connectivity index (χ4v) is 1.36. The standard InChI is InChI=1S/C10H8FNO/c11-10-2-1-7(6-13)8-3-4-12-5-9(8)10/h1-5,13H,6H2. The van der Waals surface area contributed by atoms with E-state index >= 15 is 0 Å². The summed E-state index contributed by atoms with van der Waals surface area (Å²) in [7, 11) is 0. The van der Waals surface area contributed by atoms with Gasteiger partial charge in [-0.25, -0.2) is 4.39 Å². The van der Waals surface area contributed by atoms with Crippen molar-refractivity contribution >= 4 is 10.8 Å². The second-order valence-electron chi connectivity index (χ2n) is 2.79. The van der Waals surface area contributed by atoms with Gasteiger partial charge in [-0.2, -0.15) is 0 Å². The largest absolute Gasteiger partial charge is 0.392 e. The Morgan fingerprint density at radius 1 is 1.23 bits per heavy atom. The van der Waals surface area contributed by atoms with Crippen molar-refractivity contribution in [1.82, 2.24) is 4.98 Å². The molecule has 0 aliphatic rings. The minimum absolute atomic E-state index is 0.0825. The summed E-state index contributed by atoms with van der Waals surface area (Å²) >= 11 is 0. The Balaban J connectivity index is 2.84. The van der Waals surface area contributed by atoms with E-state index in [0.29, 0.717) is 5.39 Å². The Hall–Kier alpha value is -1.48. The molecule has 0 atom stereocenters. The lowest BCUT2D eigenvalue weighted by molar-refractivity contribution is 0.283. The number of halogens is 1. The first-order valence-electron chi connectivity index (χ1n) is 3.95. The number of aromatic nitrogens is 1. The lowest BCUT2D eigenvalue weighted by Crippen LogP contribution is -1.89. The fraction of sp³-hybridized carbons (Fsp3) is 0.100. The first-order chi connectivity index (χ1) is 6.33. The summed E-state index contributed by atoms with van der Waals surface area (Å²) in [5.41, 5.74) is 0.721. The molecule has 0 bridgehead atoms. The molecule has 1 heterocycles. The topological polar surface area (TPSA) is 33.1 Å². The molecule has 0 fully saturated rings. The van der Waals surface area contributed by atoms with Gasteiger partial charge in [0, 0.05) is 17.8 Å². The minimum atomic E-state index is -0.305. The van der Waals surface area contributed by atoms with Crippen LogP contribution in [0.3, 0.4) is 0 Å². The summed E-state index contributed by atoms with van der Waals surface area (Å²) in [4.78, 5) is 3.83. The van der Waals surface area contributed by atoms with E-state index in [1.54, 1.807) is 18.3 Å². The van der Waals surface area contributed by atoms with E-state index in [0.717, 1.165) is 10.9 Å². The van der Waals surface area contributed by atoms with Gasteiger partial charge in [0.05, 0.1) is 6.61 Å². The summed E-state index contributed by atoms with van der Waals surface area (Å²) in [6, 6.07) is 4.62. The van der Waals surface area contributed by atoms with Crippen LogP contribution in [0, 0.1) is 5.82 Å². The zero-order chi connectivity index (χ0) is 9.26. The van der Waals surface area contributed by atoms with E-state index in [1.165, 1.54) is 12.3 Å². The lowest BCUT2D eigenvalue weighted by Gasteiger charge is -2.03. The average molecular weight is 177 g/mol. The van der Waals surface area contributed by atoms with Crippen LogP contribution in [0.15, 0.2) is 30.6 Å². The maximum atomic E-state index is 13.2. The van der Waals surface area contributed by atoms with E-state index in [-0.39, 0.29) is 12.4 Å². The van der Waals surface area contributed by atoms with Gasteiger partial charge in [-0.3, -0.25) is 4.98 Å². The molecule has 2 aromatic rings. The monoisotopic (exact) mass is 177 g/mol. The molecule has 2 rings (SSSR count). The van der Waals surface area contributed by atoms with E-state index in [9.17, 15) is 4.39 Å². The Morgan fingerprint density at radius 3 is 2.85 bits per heavy atom. The predicted octanol–water partition coefficient (Wildman–Crippen LogP) is 1.87. The van der Waals surface area contributed by atoms with Crippen molar-refractivity contribution in [2.45, 2.75) is 6.61 Å². The number of aliphatic hydroxyl groups excluding tert-OH is 1. The van der Waals surface area contributed by atoms with Gasteiger partial charge in [-0.15, -0.1) is 0 Å². The van der Waals surface area contributed by atoms with E-state index in [1.807, 2.05) is 0 Å². The number of hydrogen-bond acceptors (Lipinski definition) is 2. The Kier molecular flexibility index (Phi) is 1.94. The molecule has 13 heavy (non-hydrogen) atoms. The van der Waals surface area contributed by atoms with Gasteiger partial charge in [0.2, 0.25) is 0 Å². The minimum Gasteiger partial charge on any atom is -0.392 e. The van der Waals surface area contributed by atoms with Crippen LogP contribution in [0.4, 0.5) is 4.39 Å². The fourth-order valence-electron chi connectivity index (χ4n) is 1.36. The summed E-state index contributed by atoms with van der Waals surface area (Å²) in [5, 5.41) is 10.2.